The van der Waals surface area contributed by atoms with Crippen LogP contribution in [0, 0.1) is 11.2 Å². The smallest absolute Gasteiger partial charge is 0.187 e. The molecule has 0 radical (unpaired) electrons. The second-order valence-corrected chi connectivity index (χ2v) is 6.34. The molecule has 2 aromatic heterocycles. The minimum Gasteiger partial charge on any atom is -0.381 e. The van der Waals surface area contributed by atoms with Crippen molar-refractivity contribution >= 4 is 27.4 Å². The maximum Gasteiger partial charge on any atom is 0.187 e. The van der Waals surface area contributed by atoms with Crippen LogP contribution in [-0.2, 0) is 0 Å². The summed E-state index contributed by atoms with van der Waals surface area (Å²) >= 11 is 1.51. The molecule has 4 aromatic rings. The van der Waals surface area contributed by atoms with Gasteiger partial charge in [0.1, 0.15) is 5.82 Å². The first-order chi connectivity index (χ1) is 12.0. The van der Waals surface area contributed by atoms with Crippen LogP contribution in [0.2, 0.25) is 0 Å². The van der Waals surface area contributed by atoms with E-state index in [4.69, 9.17) is 17.0 Å². The Morgan fingerprint density at radius 3 is 2.56 bits per heavy atom. The number of rotatable bonds is 2. The molecule has 0 spiro atoms. The van der Waals surface area contributed by atoms with Gasteiger partial charge in [-0.2, -0.15) is 0 Å². The Morgan fingerprint density at radius 2 is 1.80 bits per heavy atom. The number of halogens is 1. The van der Waals surface area contributed by atoms with Crippen LogP contribution in [-0.4, -0.2) is 14.6 Å². The van der Waals surface area contributed by atoms with E-state index in [0.29, 0.717) is 17.0 Å². The number of nitrogen functional groups attached to an aromatic ring is 2. The van der Waals surface area contributed by atoms with Gasteiger partial charge in [-0.25, -0.2) is 19.0 Å². The molecular formula is C17H13FN6S. The third kappa shape index (κ3) is 2.52. The topological polar surface area (TPSA) is 107 Å². The third-order valence-electron chi connectivity index (χ3n) is 3.90. The number of benzene rings is 2. The molecule has 0 saturated carbocycles. The Kier molecular flexibility index (Phi) is 3.47. The summed E-state index contributed by atoms with van der Waals surface area (Å²) in [6, 6.07) is 11.6. The molecule has 0 aliphatic heterocycles. The summed E-state index contributed by atoms with van der Waals surface area (Å²) in [5.74, 6) is 5.78. The van der Waals surface area contributed by atoms with Gasteiger partial charge in [0.05, 0.1) is 27.1 Å². The molecule has 2 aromatic carbocycles. The van der Waals surface area contributed by atoms with Crippen molar-refractivity contribution in [2.45, 2.75) is 0 Å². The SMILES string of the molecule is N=c1c(N)nc(-c2ccc(F)cc2)c(-c2ccc3ncsc3c2)n1N. The molecule has 0 fully saturated rings. The molecule has 0 unspecified atom stereocenters. The van der Waals surface area contributed by atoms with Gasteiger partial charge in [0, 0.05) is 11.1 Å². The average molecular weight is 352 g/mol. The van der Waals surface area contributed by atoms with Crippen LogP contribution in [0.1, 0.15) is 0 Å². The van der Waals surface area contributed by atoms with Crippen molar-refractivity contribution in [2.75, 3.05) is 11.6 Å². The molecular weight excluding hydrogens is 339 g/mol. The molecule has 4 rings (SSSR count). The van der Waals surface area contributed by atoms with E-state index < -0.39 is 0 Å². The molecule has 0 amide bonds. The summed E-state index contributed by atoms with van der Waals surface area (Å²) in [7, 11) is 0. The number of aromatic nitrogens is 3. The Balaban J connectivity index is 2.04. The lowest BCUT2D eigenvalue weighted by Crippen LogP contribution is -2.32. The van der Waals surface area contributed by atoms with Crippen molar-refractivity contribution in [3.05, 3.63) is 59.3 Å². The summed E-state index contributed by atoms with van der Waals surface area (Å²) in [6.45, 7) is 0. The number of anilines is 1. The lowest BCUT2D eigenvalue weighted by molar-refractivity contribution is 0.628. The van der Waals surface area contributed by atoms with Crippen LogP contribution in [0.5, 0.6) is 0 Å². The van der Waals surface area contributed by atoms with E-state index in [0.717, 1.165) is 15.8 Å². The third-order valence-corrected chi connectivity index (χ3v) is 4.70. The lowest BCUT2D eigenvalue weighted by Gasteiger charge is -2.15. The van der Waals surface area contributed by atoms with Gasteiger partial charge in [-0.1, -0.05) is 6.07 Å². The van der Waals surface area contributed by atoms with E-state index in [1.54, 1.807) is 17.6 Å². The monoisotopic (exact) mass is 352 g/mol. The number of hydrogen-bond acceptors (Lipinski definition) is 6. The molecule has 2 heterocycles. The molecule has 5 N–H and O–H groups in total. The number of nitrogens with one attached hydrogen (secondary N) is 1. The van der Waals surface area contributed by atoms with Gasteiger partial charge in [0.25, 0.3) is 0 Å². The zero-order chi connectivity index (χ0) is 17.6. The van der Waals surface area contributed by atoms with E-state index in [-0.39, 0.29) is 17.1 Å². The minimum atomic E-state index is -0.345. The molecule has 0 bridgehead atoms. The van der Waals surface area contributed by atoms with Gasteiger partial charge in [0.15, 0.2) is 11.3 Å². The van der Waals surface area contributed by atoms with Crippen LogP contribution in [0.4, 0.5) is 10.2 Å². The van der Waals surface area contributed by atoms with E-state index in [9.17, 15) is 4.39 Å². The van der Waals surface area contributed by atoms with Crippen LogP contribution < -0.4 is 17.1 Å². The fourth-order valence-corrected chi connectivity index (χ4v) is 3.38. The molecule has 124 valence electrons. The number of fused-ring (bicyclic) bond motifs is 1. The molecule has 25 heavy (non-hydrogen) atoms. The Labute approximate surface area is 145 Å². The van der Waals surface area contributed by atoms with Gasteiger partial charge in [-0.15, -0.1) is 11.3 Å². The second kappa shape index (κ2) is 5.67. The highest BCUT2D eigenvalue weighted by Crippen LogP contribution is 2.32. The first-order valence-corrected chi connectivity index (χ1v) is 8.24. The summed E-state index contributed by atoms with van der Waals surface area (Å²) in [5.41, 5.74) is 10.8. The minimum absolute atomic E-state index is 0.00411. The van der Waals surface area contributed by atoms with Crippen LogP contribution in [0.3, 0.4) is 0 Å². The Bertz CT molecular complexity index is 1150. The van der Waals surface area contributed by atoms with Gasteiger partial charge in [0.2, 0.25) is 0 Å². The van der Waals surface area contributed by atoms with E-state index >= 15 is 0 Å². The maximum absolute atomic E-state index is 13.3. The first kappa shape index (κ1) is 15.3. The van der Waals surface area contributed by atoms with Crippen molar-refractivity contribution in [2.24, 2.45) is 0 Å². The predicted octanol–water partition coefficient (Wildman–Crippen LogP) is 2.74. The zero-order valence-electron chi connectivity index (χ0n) is 12.9. The molecule has 0 aliphatic carbocycles. The number of thiazole rings is 1. The molecule has 0 atom stereocenters. The highest BCUT2D eigenvalue weighted by Gasteiger charge is 2.16. The highest BCUT2D eigenvalue weighted by molar-refractivity contribution is 7.16. The quantitative estimate of drug-likeness (QED) is 0.482. The number of nitrogens with zero attached hydrogens (tertiary/aromatic N) is 3. The Hall–Kier alpha value is -3.26. The van der Waals surface area contributed by atoms with Crippen molar-refractivity contribution in [1.29, 1.82) is 5.41 Å². The summed E-state index contributed by atoms with van der Waals surface area (Å²) in [4.78, 5) is 8.60. The standard InChI is InChI=1S/C17H13FN6S/c18-11-4-1-9(2-5-11)14-15(24(21)17(20)16(19)23-14)10-3-6-12-13(7-10)25-8-22-12/h1-8,20H,21H2,(H2,19,23). The molecule has 0 saturated heterocycles. The van der Waals surface area contributed by atoms with Crippen molar-refractivity contribution in [3.8, 4) is 22.5 Å². The number of nitrogens with two attached hydrogens (primary N) is 2. The van der Waals surface area contributed by atoms with E-state index in [1.807, 2.05) is 18.2 Å². The number of hydrogen-bond donors (Lipinski definition) is 3. The lowest BCUT2D eigenvalue weighted by atomic mass is 10.0. The Morgan fingerprint density at radius 1 is 1.08 bits per heavy atom. The van der Waals surface area contributed by atoms with Gasteiger partial charge < -0.3 is 11.6 Å². The average Bonchev–Trinajstić information content (AvgIpc) is 3.08. The van der Waals surface area contributed by atoms with Gasteiger partial charge >= 0.3 is 0 Å². The summed E-state index contributed by atoms with van der Waals surface area (Å²) < 4.78 is 15.5. The summed E-state index contributed by atoms with van der Waals surface area (Å²) in [6.07, 6.45) is 0. The van der Waals surface area contributed by atoms with Crippen LogP contribution >= 0.6 is 11.3 Å². The van der Waals surface area contributed by atoms with Crippen molar-refractivity contribution in [1.82, 2.24) is 14.6 Å². The fourth-order valence-electron chi connectivity index (χ4n) is 2.66. The van der Waals surface area contributed by atoms with Crippen LogP contribution in [0.15, 0.2) is 48.0 Å². The normalized spacial score (nSPS) is 11.1. The van der Waals surface area contributed by atoms with Gasteiger partial charge in [-0.3, -0.25) is 5.41 Å². The summed E-state index contributed by atoms with van der Waals surface area (Å²) in [5, 5.41) is 8.04. The van der Waals surface area contributed by atoms with Crippen molar-refractivity contribution in [3.63, 3.8) is 0 Å². The zero-order valence-corrected chi connectivity index (χ0v) is 13.7. The predicted molar refractivity (Wildman–Crippen MR) is 96.7 cm³/mol. The van der Waals surface area contributed by atoms with E-state index in [1.165, 1.54) is 28.1 Å². The van der Waals surface area contributed by atoms with Crippen molar-refractivity contribution < 1.29 is 4.39 Å². The van der Waals surface area contributed by atoms with Crippen LogP contribution in [0.25, 0.3) is 32.7 Å². The molecule has 6 nitrogen and oxygen atoms in total. The second-order valence-electron chi connectivity index (χ2n) is 5.45. The molecule has 0 aliphatic rings. The maximum atomic E-state index is 13.3. The largest absolute Gasteiger partial charge is 0.381 e. The fraction of sp³-hybridized carbons (Fsp3) is 0. The van der Waals surface area contributed by atoms with Gasteiger partial charge in [-0.05, 0) is 36.4 Å². The molecule has 8 heteroatoms. The highest BCUT2D eigenvalue weighted by atomic mass is 32.1. The first-order valence-electron chi connectivity index (χ1n) is 7.36. The van der Waals surface area contributed by atoms with E-state index in [2.05, 4.69) is 9.97 Å².